The Morgan fingerprint density at radius 2 is 2.17 bits per heavy atom. The van der Waals surface area contributed by atoms with Gasteiger partial charge in [0, 0.05) is 0 Å². The van der Waals surface area contributed by atoms with Gasteiger partial charge in [0.1, 0.15) is 0 Å². The van der Waals surface area contributed by atoms with Crippen molar-refractivity contribution in [2.75, 3.05) is 7.11 Å². The number of phenols is 1. The van der Waals surface area contributed by atoms with Crippen LogP contribution in [0.25, 0.3) is 6.08 Å². The van der Waals surface area contributed by atoms with Gasteiger partial charge in [-0.2, -0.15) is 5.11 Å². The van der Waals surface area contributed by atoms with Crippen molar-refractivity contribution >= 4 is 13.1 Å². The highest BCUT2D eigenvalue weighted by atomic mass is 16.5. The summed E-state index contributed by atoms with van der Waals surface area (Å²) in [4.78, 5) is 0. The van der Waals surface area contributed by atoms with Crippen molar-refractivity contribution in [1.82, 2.24) is 0 Å². The second kappa shape index (κ2) is 6.81. The van der Waals surface area contributed by atoms with Crippen molar-refractivity contribution in [2.24, 2.45) is 10.1 Å². The minimum Gasteiger partial charge on any atom is -0.504 e. The lowest BCUT2D eigenvalue weighted by Gasteiger charge is -2.04. The van der Waals surface area contributed by atoms with E-state index in [0.29, 0.717) is 5.75 Å². The summed E-state index contributed by atoms with van der Waals surface area (Å²) >= 11 is 0. The van der Waals surface area contributed by atoms with Gasteiger partial charge in [-0.05, 0) is 31.4 Å². The van der Waals surface area contributed by atoms with Gasteiger partial charge in [0.2, 0.25) is 0 Å². The Bertz CT molecular complexity index is 447. The van der Waals surface area contributed by atoms with Crippen molar-refractivity contribution < 1.29 is 14.9 Å². The summed E-state index contributed by atoms with van der Waals surface area (Å²) in [5.74, 6) is 0.534. The van der Waals surface area contributed by atoms with Crippen molar-refractivity contribution in [3.8, 4) is 11.5 Å². The van der Waals surface area contributed by atoms with Gasteiger partial charge in [-0.1, -0.05) is 18.2 Å². The van der Waals surface area contributed by atoms with Crippen molar-refractivity contribution in [2.45, 2.75) is 19.8 Å². The molecule has 1 unspecified atom stereocenters. The number of methoxy groups -OCH3 is 1. The lowest BCUT2D eigenvalue weighted by atomic mass is 9.92. The van der Waals surface area contributed by atoms with Gasteiger partial charge in [-0.25, -0.2) is 5.03 Å². The summed E-state index contributed by atoms with van der Waals surface area (Å²) in [5.41, 5.74) is 0.892. The number of nitrogens with zero attached hydrogens (tertiary/aromatic N) is 2. The van der Waals surface area contributed by atoms with Crippen molar-refractivity contribution in [1.29, 1.82) is 0 Å². The highest BCUT2D eigenvalue weighted by molar-refractivity contribution is 6.45. The van der Waals surface area contributed by atoms with Gasteiger partial charge >= 0.3 is 7.05 Å². The van der Waals surface area contributed by atoms with Gasteiger partial charge in [-0.3, -0.25) is 0 Å². The molecule has 0 spiro atoms. The van der Waals surface area contributed by atoms with Crippen LogP contribution in [0.4, 0.5) is 0 Å². The Labute approximate surface area is 107 Å². The zero-order chi connectivity index (χ0) is 13.5. The van der Waals surface area contributed by atoms with E-state index in [9.17, 15) is 5.11 Å². The van der Waals surface area contributed by atoms with Crippen molar-refractivity contribution in [3.05, 3.63) is 29.8 Å². The summed E-state index contributed by atoms with van der Waals surface area (Å²) in [6.07, 6.45) is 3.70. The van der Waals surface area contributed by atoms with Crippen LogP contribution in [0.15, 0.2) is 34.4 Å². The topological polar surface area (TPSA) is 74.4 Å². The van der Waals surface area contributed by atoms with Crippen LogP contribution in [0.3, 0.4) is 0 Å². The van der Waals surface area contributed by atoms with E-state index >= 15 is 0 Å². The molecule has 0 amide bonds. The standard InChI is InChI=1S/C12H17BN2O3/c1-9(14-15-13(2)17)4-5-10-6-7-11(16)12(8-10)18-3/h4-9,16-17H,1-3H3. The molecule has 18 heavy (non-hydrogen) atoms. The predicted octanol–water partition coefficient (Wildman–Crippen LogP) is 2.37. The smallest absolute Gasteiger partial charge is 0.450 e. The molecule has 0 fully saturated rings. The fourth-order valence-corrected chi connectivity index (χ4v) is 1.29. The molecule has 6 heteroatoms. The third-order valence-corrected chi connectivity index (χ3v) is 2.19. The third-order valence-electron chi connectivity index (χ3n) is 2.19. The molecule has 1 atom stereocenters. The van der Waals surface area contributed by atoms with Crippen molar-refractivity contribution in [3.63, 3.8) is 0 Å². The number of rotatable bonds is 5. The molecule has 1 aromatic rings. The van der Waals surface area contributed by atoms with Gasteiger partial charge in [0.15, 0.2) is 11.5 Å². The molecule has 0 aliphatic carbocycles. The molecule has 0 aliphatic rings. The first-order chi connectivity index (χ1) is 8.52. The Morgan fingerprint density at radius 3 is 2.78 bits per heavy atom. The Hall–Kier alpha value is -1.82. The summed E-state index contributed by atoms with van der Waals surface area (Å²) in [6, 6.07) is 4.94. The second-order valence-corrected chi connectivity index (χ2v) is 3.89. The average Bonchev–Trinajstić information content (AvgIpc) is 2.35. The first-order valence-corrected chi connectivity index (χ1v) is 5.66. The van der Waals surface area contributed by atoms with Crippen LogP contribution in [-0.4, -0.2) is 30.3 Å². The zero-order valence-corrected chi connectivity index (χ0v) is 10.7. The lowest BCUT2D eigenvalue weighted by Crippen LogP contribution is -2.01. The van der Waals surface area contributed by atoms with Gasteiger partial charge in [0.05, 0.1) is 13.2 Å². The largest absolute Gasteiger partial charge is 0.504 e. The van der Waals surface area contributed by atoms with E-state index in [0.717, 1.165) is 5.56 Å². The normalized spacial score (nSPS) is 13.1. The minimum atomic E-state index is -0.783. The molecular weight excluding hydrogens is 231 g/mol. The van der Waals surface area contributed by atoms with Crippen LogP contribution in [-0.2, 0) is 0 Å². The molecule has 0 aromatic heterocycles. The van der Waals surface area contributed by atoms with E-state index in [1.54, 1.807) is 25.0 Å². The van der Waals surface area contributed by atoms with Gasteiger partial charge in [-0.15, -0.1) is 0 Å². The number of hydrogen-bond donors (Lipinski definition) is 2. The molecule has 0 heterocycles. The van der Waals surface area contributed by atoms with E-state index in [1.807, 2.05) is 19.1 Å². The first-order valence-electron chi connectivity index (χ1n) is 5.66. The minimum absolute atomic E-state index is 0.108. The first kappa shape index (κ1) is 14.2. The highest BCUT2D eigenvalue weighted by Gasteiger charge is 2.02. The van der Waals surface area contributed by atoms with Gasteiger partial charge < -0.3 is 14.9 Å². The molecule has 96 valence electrons. The van der Waals surface area contributed by atoms with Gasteiger partial charge in [0.25, 0.3) is 0 Å². The van der Waals surface area contributed by atoms with Crippen LogP contribution in [0.5, 0.6) is 11.5 Å². The van der Waals surface area contributed by atoms with Crippen LogP contribution in [0, 0.1) is 0 Å². The lowest BCUT2D eigenvalue weighted by molar-refractivity contribution is 0.373. The predicted molar refractivity (Wildman–Crippen MR) is 71.8 cm³/mol. The maximum Gasteiger partial charge on any atom is 0.450 e. The zero-order valence-electron chi connectivity index (χ0n) is 10.7. The monoisotopic (exact) mass is 248 g/mol. The fourth-order valence-electron chi connectivity index (χ4n) is 1.29. The van der Waals surface area contributed by atoms with E-state index in [1.165, 1.54) is 7.11 Å². The number of ether oxygens (including phenoxy) is 1. The van der Waals surface area contributed by atoms with Crippen LogP contribution in [0.2, 0.25) is 6.82 Å². The summed E-state index contributed by atoms with van der Waals surface area (Å²) in [7, 11) is 0.719. The Kier molecular flexibility index (Phi) is 5.39. The van der Waals surface area contributed by atoms with E-state index in [2.05, 4.69) is 10.1 Å². The van der Waals surface area contributed by atoms with Crippen LogP contribution in [0.1, 0.15) is 12.5 Å². The molecule has 1 rings (SSSR count). The van der Waals surface area contributed by atoms with E-state index < -0.39 is 7.05 Å². The quantitative estimate of drug-likeness (QED) is 0.620. The number of phenolic OH excluding ortho intramolecular Hbond substituents is 1. The Morgan fingerprint density at radius 1 is 1.44 bits per heavy atom. The maximum absolute atomic E-state index is 9.45. The maximum atomic E-state index is 9.45. The average molecular weight is 248 g/mol. The number of aromatic hydroxyl groups is 1. The number of benzene rings is 1. The highest BCUT2D eigenvalue weighted by Crippen LogP contribution is 2.26. The molecule has 0 bridgehead atoms. The molecule has 0 saturated heterocycles. The fraction of sp³-hybridized carbons (Fsp3) is 0.333. The SMILES string of the molecule is COc1cc(C=CC(C)N=NB(C)O)ccc1O. The molecule has 2 N–H and O–H groups in total. The molecule has 1 aromatic carbocycles. The molecule has 0 saturated carbocycles. The van der Waals surface area contributed by atoms with Crippen LogP contribution < -0.4 is 4.74 Å². The van der Waals surface area contributed by atoms with E-state index in [-0.39, 0.29) is 11.8 Å². The summed E-state index contributed by atoms with van der Waals surface area (Å²) in [5, 5.41) is 26.0. The second-order valence-electron chi connectivity index (χ2n) is 3.89. The summed E-state index contributed by atoms with van der Waals surface area (Å²) < 4.78 is 5.01. The molecule has 5 nitrogen and oxygen atoms in total. The van der Waals surface area contributed by atoms with E-state index in [4.69, 9.17) is 9.76 Å². The number of hydrogen-bond acceptors (Lipinski definition) is 5. The molecular formula is C12H17BN2O3. The molecule has 0 radical (unpaired) electrons. The van der Waals surface area contributed by atoms with Crippen LogP contribution >= 0.6 is 0 Å². The molecule has 0 aliphatic heterocycles. The third kappa shape index (κ3) is 4.59. The summed E-state index contributed by atoms with van der Waals surface area (Å²) in [6.45, 7) is 3.41. The Balaban J connectivity index is 2.72.